The Morgan fingerprint density at radius 1 is 1.61 bits per heavy atom. The molecule has 0 saturated carbocycles. The number of hydrogen-bond donors (Lipinski definition) is 0. The van der Waals surface area contributed by atoms with Crippen LogP contribution in [0.25, 0.3) is 0 Å². The van der Waals surface area contributed by atoms with E-state index in [1.54, 1.807) is 18.0 Å². The number of ether oxygens (including phenoxy) is 1. The first-order chi connectivity index (χ1) is 8.59. The van der Waals surface area contributed by atoms with Crippen LogP contribution in [0.5, 0.6) is 0 Å². The molecular weight excluding hydrogens is 318 g/mol. The molecule has 1 unspecified atom stereocenters. The van der Waals surface area contributed by atoms with E-state index in [0.29, 0.717) is 17.1 Å². The Kier molecular flexibility index (Phi) is 4.65. The zero-order chi connectivity index (χ0) is 13.1. The fourth-order valence-electron chi connectivity index (χ4n) is 2.05. The number of halogens is 2. The highest BCUT2D eigenvalue weighted by Gasteiger charge is 2.22. The molecule has 0 spiro atoms. The summed E-state index contributed by atoms with van der Waals surface area (Å²) in [5.74, 6) is -0.0724. The van der Waals surface area contributed by atoms with Crippen molar-refractivity contribution in [3.63, 3.8) is 0 Å². The summed E-state index contributed by atoms with van der Waals surface area (Å²) in [6.07, 6.45) is 2.25. The second-order valence-corrected chi connectivity index (χ2v) is 5.65. The number of carbonyl (C=O) groups excluding carboxylic acids is 1. The lowest BCUT2D eigenvalue weighted by Gasteiger charge is -2.21. The number of likely N-dealkylation sites (N-methyl/N-ethyl adjacent to an activating group) is 1. The third-order valence-corrected chi connectivity index (χ3v) is 4.33. The SMILES string of the molecule is CN(CC1CCCO1)C(=O)c1cccc(Br)c1Cl. The molecule has 5 heteroatoms. The summed E-state index contributed by atoms with van der Waals surface area (Å²) in [6, 6.07) is 5.36. The van der Waals surface area contributed by atoms with Crippen molar-refractivity contribution >= 4 is 33.4 Å². The van der Waals surface area contributed by atoms with Crippen LogP contribution < -0.4 is 0 Å². The number of rotatable bonds is 3. The smallest absolute Gasteiger partial charge is 0.255 e. The van der Waals surface area contributed by atoms with Gasteiger partial charge in [0.1, 0.15) is 0 Å². The van der Waals surface area contributed by atoms with Crippen molar-refractivity contribution in [1.29, 1.82) is 0 Å². The van der Waals surface area contributed by atoms with Gasteiger partial charge in [-0.25, -0.2) is 0 Å². The second kappa shape index (κ2) is 6.04. The van der Waals surface area contributed by atoms with Gasteiger partial charge in [0, 0.05) is 24.7 Å². The summed E-state index contributed by atoms with van der Waals surface area (Å²) in [7, 11) is 1.78. The number of hydrogen-bond acceptors (Lipinski definition) is 2. The first-order valence-electron chi connectivity index (χ1n) is 5.90. The van der Waals surface area contributed by atoms with Gasteiger partial charge < -0.3 is 9.64 Å². The zero-order valence-electron chi connectivity index (χ0n) is 10.2. The topological polar surface area (TPSA) is 29.5 Å². The van der Waals surface area contributed by atoms with E-state index < -0.39 is 0 Å². The van der Waals surface area contributed by atoms with Crippen molar-refractivity contribution in [3.05, 3.63) is 33.3 Å². The Morgan fingerprint density at radius 2 is 2.39 bits per heavy atom. The van der Waals surface area contributed by atoms with Crippen LogP contribution >= 0.6 is 27.5 Å². The molecule has 1 atom stereocenters. The summed E-state index contributed by atoms with van der Waals surface area (Å²) in [5, 5.41) is 0.460. The van der Waals surface area contributed by atoms with E-state index in [2.05, 4.69) is 15.9 Å². The summed E-state index contributed by atoms with van der Waals surface area (Å²) in [5.41, 5.74) is 0.520. The molecule has 1 fully saturated rings. The van der Waals surface area contributed by atoms with Gasteiger partial charge in [-0.1, -0.05) is 17.7 Å². The Balaban J connectivity index is 2.07. The Bertz CT molecular complexity index is 447. The predicted molar refractivity (Wildman–Crippen MR) is 75.1 cm³/mol. The first kappa shape index (κ1) is 13.8. The normalized spacial score (nSPS) is 18.9. The molecule has 0 N–H and O–H groups in total. The van der Waals surface area contributed by atoms with Gasteiger partial charge in [-0.3, -0.25) is 4.79 Å². The minimum atomic E-state index is -0.0724. The van der Waals surface area contributed by atoms with Gasteiger partial charge in [-0.05, 0) is 40.9 Å². The number of amides is 1. The standard InChI is InChI=1S/C13H15BrClNO2/c1-16(8-9-4-3-7-18-9)13(17)10-5-2-6-11(14)12(10)15/h2,5-6,9H,3-4,7-8H2,1H3. The highest BCUT2D eigenvalue weighted by molar-refractivity contribution is 9.10. The molecule has 1 aliphatic heterocycles. The van der Waals surface area contributed by atoms with Crippen LogP contribution in [-0.2, 0) is 4.74 Å². The molecule has 18 heavy (non-hydrogen) atoms. The molecule has 0 bridgehead atoms. The van der Waals surface area contributed by atoms with Crippen LogP contribution in [0.2, 0.25) is 5.02 Å². The van der Waals surface area contributed by atoms with Crippen LogP contribution in [0.3, 0.4) is 0 Å². The highest BCUT2D eigenvalue weighted by atomic mass is 79.9. The van der Waals surface area contributed by atoms with Crippen molar-refractivity contribution in [2.75, 3.05) is 20.2 Å². The van der Waals surface area contributed by atoms with Crippen LogP contribution in [0.4, 0.5) is 0 Å². The van der Waals surface area contributed by atoms with Gasteiger partial charge in [0.05, 0.1) is 16.7 Å². The van der Waals surface area contributed by atoms with Crippen LogP contribution in [0.1, 0.15) is 23.2 Å². The quantitative estimate of drug-likeness (QED) is 0.849. The fourth-order valence-corrected chi connectivity index (χ4v) is 2.62. The average Bonchev–Trinajstić information content (AvgIpc) is 2.84. The Labute approximate surface area is 120 Å². The van der Waals surface area contributed by atoms with Gasteiger partial charge in [0.25, 0.3) is 5.91 Å². The monoisotopic (exact) mass is 331 g/mol. The van der Waals surface area contributed by atoms with Gasteiger partial charge >= 0.3 is 0 Å². The summed E-state index contributed by atoms with van der Waals surface area (Å²) < 4.78 is 6.26. The predicted octanol–water partition coefficient (Wildman–Crippen LogP) is 3.35. The van der Waals surface area contributed by atoms with E-state index in [-0.39, 0.29) is 12.0 Å². The lowest BCUT2D eigenvalue weighted by molar-refractivity contribution is 0.0587. The van der Waals surface area contributed by atoms with Gasteiger partial charge in [0.15, 0.2) is 0 Å². The average molecular weight is 333 g/mol. The van der Waals surface area contributed by atoms with E-state index >= 15 is 0 Å². The van der Waals surface area contributed by atoms with Crippen LogP contribution in [-0.4, -0.2) is 37.1 Å². The van der Waals surface area contributed by atoms with Crippen LogP contribution in [0, 0.1) is 0 Å². The molecule has 1 aromatic carbocycles. The molecule has 1 heterocycles. The van der Waals surface area contributed by atoms with Crippen molar-refractivity contribution in [1.82, 2.24) is 4.90 Å². The first-order valence-corrected chi connectivity index (χ1v) is 7.07. The van der Waals surface area contributed by atoms with E-state index in [9.17, 15) is 4.79 Å². The Hall–Kier alpha value is -0.580. The largest absolute Gasteiger partial charge is 0.376 e. The van der Waals surface area contributed by atoms with Crippen molar-refractivity contribution in [2.24, 2.45) is 0 Å². The molecule has 3 nitrogen and oxygen atoms in total. The molecule has 0 aliphatic carbocycles. The summed E-state index contributed by atoms with van der Waals surface area (Å²) in [4.78, 5) is 13.9. The van der Waals surface area contributed by atoms with E-state index in [0.717, 1.165) is 23.9 Å². The molecule has 98 valence electrons. The maximum absolute atomic E-state index is 12.3. The minimum absolute atomic E-state index is 0.0724. The van der Waals surface area contributed by atoms with E-state index in [4.69, 9.17) is 16.3 Å². The molecule has 2 rings (SSSR count). The van der Waals surface area contributed by atoms with Crippen molar-refractivity contribution in [2.45, 2.75) is 18.9 Å². The molecule has 1 amide bonds. The number of benzene rings is 1. The third kappa shape index (κ3) is 3.05. The maximum atomic E-state index is 12.3. The van der Waals surface area contributed by atoms with Gasteiger partial charge in [-0.2, -0.15) is 0 Å². The molecule has 0 aromatic heterocycles. The third-order valence-electron chi connectivity index (χ3n) is 3.03. The van der Waals surface area contributed by atoms with Gasteiger partial charge in [0.2, 0.25) is 0 Å². The maximum Gasteiger partial charge on any atom is 0.255 e. The fraction of sp³-hybridized carbons (Fsp3) is 0.462. The minimum Gasteiger partial charge on any atom is -0.376 e. The summed E-state index contributed by atoms with van der Waals surface area (Å²) >= 11 is 9.45. The number of carbonyl (C=O) groups is 1. The van der Waals surface area contributed by atoms with Crippen molar-refractivity contribution in [3.8, 4) is 0 Å². The molecular formula is C13H15BrClNO2. The highest BCUT2D eigenvalue weighted by Crippen LogP contribution is 2.27. The molecule has 0 radical (unpaired) electrons. The molecule has 1 saturated heterocycles. The second-order valence-electron chi connectivity index (χ2n) is 4.42. The van der Waals surface area contributed by atoms with Gasteiger partial charge in [-0.15, -0.1) is 0 Å². The number of nitrogens with zero attached hydrogens (tertiary/aromatic N) is 1. The molecule has 1 aromatic rings. The Morgan fingerprint density at radius 3 is 3.06 bits per heavy atom. The van der Waals surface area contributed by atoms with Crippen molar-refractivity contribution < 1.29 is 9.53 Å². The lowest BCUT2D eigenvalue weighted by atomic mass is 10.2. The van der Waals surface area contributed by atoms with E-state index in [1.807, 2.05) is 12.1 Å². The van der Waals surface area contributed by atoms with Crippen LogP contribution in [0.15, 0.2) is 22.7 Å². The molecule has 1 aliphatic rings. The zero-order valence-corrected chi connectivity index (χ0v) is 12.5. The summed E-state index contributed by atoms with van der Waals surface area (Å²) in [6.45, 7) is 1.41. The lowest BCUT2D eigenvalue weighted by Crippen LogP contribution is -2.34. The van der Waals surface area contributed by atoms with E-state index in [1.165, 1.54) is 0 Å².